The molecule has 9 nitrogen and oxygen atoms in total. The molecule has 3 aliphatic rings. The zero-order chi connectivity index (χ0) is 29.9. The van der Waals surface area contributed by atoms with Crippen molar-refractivity contribution in [1.29, 1.82) is 0 Å². The van der Waals surface area contributed by atoms with E-state index in [0.717, 1.165) is 47.8 Å². The van der Waals surface area contributed by atoms with Crippen LogP contribution in [0.4, 0.5) is 14.6 Å². The van der Waals surface area contributed by atoms with Gasteiger partial charge >= 0.3 is 6.01 Å². The number of rotatable bonds is 6. The van der Waals surface area contributed by atoms with Crippen LogP contribution in [0.3, 0.4) is 0 Å². The molecule has 0 spiro atoms. The van der Waals surface area contributed by atoms with E-state index in [9.17, 15) is 9.50 Å². The summed E-state index contributed by atoms with van der Waals surface area (Å²) in [5.74, 6) is -0.112. The number of aromatic amines is 1. The molecule has 0 saturated carbocycles. The van der Waals surface area contributed by atoms with E-state index >= 15 is 4.39 Å². The first kappa shape index (κ1) is 28.1. The van der Waals surface area contributed by atoms with Gasteiger partial charge < -0.3 is 14.7 Å². The second kappa shape index (κ2) is 10.5. The first-order valence-electron chi connectivity index (χ1n) is 15.1. The Balaban J connectivity index is 1.38. The van der Waals surface area contributed by atoms with Crippen LogP contribution in [0.25, 0.3) is 39.1 Å². The lowest BCUT2D eigenvalue weighted by atomic mass is 9.94. The Morgan fingerprint density at radius 2 is 2.02 bits per heavy atom. The second-order valence-electron chi connectivity index (χ2n) is 12.7. The first-order chi connectivity index (χ1) is 20.7. The number of β-amino-alcohol motifs (C(OH)–C–C–N with tert-alkyl or cyclic N) is 1. The van der Waals surface area contributed by atoms with E-state index in [2.05, 4.69) is 25.1 Å². The van der Waals surface area contributed by atoms with E-state index in [-0.39, 0.29) is 23.8 Å². The monoisotopic (exact) mass is 589 g/mol. The molecule has 0 radical (unpaired) electrons. The minimum Gasteiger partial charge on any atom is -0.461 e. The highest BCUT2D eigenvalue weighted by molar-refractivity contribution is 6.01. The smallest absolute Gasteiger partial charge is 0.319 e. The lowest BCUT2D eigenvalue weighted by Gasteiger charge is -2.38. The molecule has 0 aliphatic carbocycles. The molecule has 1 aromatic carbocycles. The molecule has 4 aromatic rings. The number of benzene rings is 1. The fourth-order valence-corrected chi connectivity index (χ4v) is 7.43. The Hall–Kier alpha value is -3.70. The Bertz CT molecular complexity index is 1740. The van der Waals surface area contributed by atoms with Crippen molar-refractivity contribution in [3.8, 4) is 17.3 Å². The fourth-order valence-electron chi connectivity index (χ4n) is 7.43. The van der Waals surface area contributed by atoms with Crippen LogP contribution in [-0.4, -0.2) is 85.3 Å². The summed E-state index contributed by atoms with van der Waals surface area (Å²) in [6.07, 6.45) is 9.94. The van der Waals surface area contributed by atoms with Crippen molar-refractivity contribution in [3.05, 3.63) is 41.5 Å². The highest BCUT2D eigenvalue weighted by atomic mass is 19.1. The number of aryl methyl sites for hydroxylation is 1. The molecule has 0 unspecified atom stereocenters. The quantitative estimate of drug-likeness (QED) is 0.310. The number of H-pyrrole nitrogens is 1. The molecule has 3 aromatic heterocycles. The van der Waals surface area contributed by atoms with Crippen LogP contribution in [0.15, 0.2) is 24.5 Å². The number of nitrogens with zero attached hydrogens (tertiary/aromatic N) is 6. The lowest BCUT2D eigenvalue weighted by Crippen LogP contribution is -2.46. The van der Waals surface area contributed by atoms with Gasteiger partial charge in [-0.2, -0.15) is 15.1 Å². The number of allylic oxidation sites excluding steroid dienone is 1. The third kappa shape index (κ3) is 4.82. The number of ether oxygens (including phenoxy) is 1. The normalized spacial score (nSPS) is 26.3. The third-order valence-corrected chi connectivity index (χ3v) is 9.41. The van der Waals surface area contributed by atoms with E-state index in [4.69, 9.17) is 9.72 Å². The summed E-state index contributed by atoms with van der Waals surface area (Å²) in [6, 6.07) is 2.03. The van der Waals surface area contributed by atoms with E-state index in [1.54, 1.807) is 19.3 Å². The summed E-state index contributed by atoms with van der Waals surface area (Å²) in [6.45, 7) is 8.16. The number of anilines is 1. The van der Waals surface area contributed by atoms with Gasteiger partial charge in [0.15, 0.2) is 5.82 Å². The van der Waals surface area contributed by atoms with Gasteiger partial charge in [-0.05, 0) is 70.2 Å². The largest absolute Gasteiger partial charge is 0.461 e. The molecule has 11 heteroatoms. The van der Waals surface area contributed by atoms with Crippen molar-refractivity contribution >= 4 is 33.7 Å². The van der Waals surface area contributed by atoms with Gasteiger partial charge in [0.2, 0.25) is 0 Å². The Kier molecular flexibility index (Phi) is 6.85. The van der Waals surface area contributed by atoms with E-state index in [1.165, 1.54) is 0 Å². The molecule has 6 heterocycles. The van der Waals surface area contributed by atoms with Gasteiger partial charge in [-0.15, -0.1) is 0 Å². The van der Waals surface area contributed by atoms with Crippen molar-refractivity contribution in [2.24, 2.45) is 0 Å². The number of fused-ring (bicyclic) bond motifs is 3. The number of alkyl halides is 1. The maximum atomic E-state index is 16.8. The average molecular weight is 590 g/mol. The summed E-state index contributed by atoms with van der Waals surface area (Å²) in [5.41, 5.74) is 2.16. The van der Waals surface area contributed by atoms with Crippen molar-refractivity contribution in [1.82, 2.24) is 30.0 Å². The maximum absolute atomic E-state index is 16.8. The number of aromatic nitrogens is 5. The molecule has 3 fully saturated rings. The van der Waals surface area contributed by atoms with Gasteiger partial charge in [-0.25, -0.2) is 8.78 Å². The molecule has 3 aliphatic heterocycles. The number of hydrogen-bond acceptors (Lipinski definition) is 8. The molecule has 0 amide bonds. The van der Waals surface area contributed by atoms with Crippen LogP contribution in [0.5, 0.6) is 6.01 Å². The Labute approximate surface area is 249 Å². The van der Waals surface area contributed by atoms with Gasteiger partial charge in [0, 0.05) is 43.2 Å². The molecule has 7 rings (SSSR count). The van der Waals surface area contributed by atoms with Gasteiger partial charge in [0.05, 0.1) is 28.2 Å². The molecular weight excluding hydrogens is 552 g/mol. The van der Waals surface area contributed by atoms with Crippen LogP contribution >= 0.6 is 0 Å². The van der Waals surface area contributed by atoms with Gasteiger partial charge in [-0.3, -0.25) is 15.0 Å². The fraction of sp³-hybridized carbons (Fsp3) is 0.500. The van der Waals surface area contributed by atoms with E-state index in [0.29, 0.717) is 49.2 Å². The summed E-state index contributed by atoms with van der Waals surface area (Å²) in [5, 5.41) is 19.3. The average Bonchev–Trinajstić information content (AvgIpc) is 3.66. The molecule has 226 valence electrons. The molecular formula is C32H37F2N7O2. The zero-order valence-electron chi connectivity index (χ0n) is 24.8. The Morgan fingerprint density at radius 1 is 1.19 bits per heavy atom. The van der Waals surface area contributed by atoms with Crippen LogP contribution in [0.2, 0.25) is 0 Å². The van der Waals surface area contributed by atoms with Crippen LogP contribution < -0.4 is 9.64 Å². The number of aliphatic hydroxyl groups is 1. The van der Waals surface area contributed by atoms with Gasteiger partial charge in [-0.1, -0.05) is 12.2 Å². The van der Waals surface area contributed by atoms with E-state index < -0.39 is 23.1 Å². The number of halogens is 2. The van der Waals surface area contributed by atoms with Crippen LogP contribution in [-0.2, 0) is 0 Å². The van der Waals surface area contributed by atoms with Crippen molar-refractivity contribution in [2.75, 3.05) is 37.7 Å². The summed E-state index contributed by atoms with van der Waals surface area (Å²) in [7, 11) is 0. The first-order valence-corrected chi connectivity index (χ1v) is 15.1. The highest BCUT2D eigenvalue weighted by Gasteiger charge is 2.49. The molecule has 2 N–H and O–H groups in total. The molecule has 3 atom stereocenters. The summed E-state index contributed by atoms with van der Waals surface area (Å²) >= 11 is 0. The topological polar surface area (TPSA) is 103 Å². The summed E-state index contributed by atoms with van der Waals surface area (Å²) < 4.78 is 37.5. The third-order valence-electron chi connectivity index (χ3n) is 9.41. The lowest BCUT2D eigenvalue weighted by molar-refractivity contribution is 0.0447. The minimum absolute atomic E-state index is 0.0404. The van der Waals surface area contributed by atoms with E-state index in [1.807, 2.05) is 37.0 Å². The predicted molar refractivity (Wildman–Crippen MR) is 162 cm³/mol. The predicted octanol–water partition coefficient (Wildman–Crippen LogP) is 5.36. The van der Waals surface area contributed by atoms with Gasteiger partial charge in [0.25, 0.3) is 0 Å². The maximum Gasteiger partial charge on any atom is 0.319 e. The number of piperidine rings is 1. The Morgan fingerprint density at radius 3 is 2.84 bits per heavy atom. The summed E-state index contributed by atoms with van der Waals surface area (Å²) in [4.78, 5) is 18.2. The van der Waals surface area contributed by atoms with Crippen LogP contribution in [0.1, 0.15) is 57.1 Å². The standard InChI is InChI=1S/C32H37F2N7O2/c1-4-7-21-19(2)12-24-22(15-36-39-24)25(21)28-26(34)27-23(14-35-28)29(40-10-5-8-31(3,42)17-40)38-30(37-27)43-18-32-9-6-11-41(32)16-20(33)13-32/h4,7,12,14-15,20,42H,5-6,8-11,13,16-18H2,1-3H3,(H,36,39)/b7-4+/t20-,31-,32+/m1/s1. The second-order valence-corrected chi connectivity index (χ2v) is 12.7. The molecule has 0 bridgehead atoms. The van der Waals surface area contributed by atoms with Crippen molar-refractivity contribution in [3.63, 3.8) is 0 Å². The molecule has 43 heavy (non-hydrogen) atoms. The minimum atomic E-state index is -0.915. The zero-order valence-corrected chi connectivity index (χ0v) is 24.8. The number of nitrogens with one attached hydrogen (secondary N) is 1. The highest BCUT2D eigenvalue weighted by Crippen LogP contribution is 2.42. The van der Waals surface area contributed by atoms with Crippen LogP contribution in [0, 0.1) is 12.7 Å². The van der Waals surface area contributed by atoms with Crippen molar-refractivity contribution in [2.45, 2.75) is 70.2 Å². The number of pyridine rings is 1. The van der Waals surface area contributed by atoms with Gasteiger partial charge in [0.1, 0.15) is 29.8 Å². The van der Waals surface area contributed by atoms with Crippen molar-refractivity contribution < 1.29 is 18.6 Å². The number of hydrogen-bond donors (Lipinski definition) is 2. The molecule has 3 saturated heterocycles. The SMILES string of the molecule is C/C=C/c1c(C)cc2[nH]ncc2c1-c1ncc2c(N3CCC[C@@](C)(O)C3)nc(OC[C@@]34CCCN3C[C@H](F)C4)nc2c1F.